The fourth-order valence-corrected chi connectivity index (χ4v) is 4.07. The van der Waals surface area contributed by atoms with Crippen LogP contribution in [-0.2, 0) is 25.7 Å². The number of nitrogens with zero attached hydrogens (tertiary/aromatic N) is 1. The van der Waals surface area contributed by atoms with Crippen LogP contribution in [-0.4, -0.2) is 51.5 Å². The summed E-state index contributed by atoms with van der Waals surface area (Å²) in [5, 5.41) is 15.4. The van der Waals surface area contributed by atoms with Gasteiger partial charge >= 0.3 is 6.09 Å². The topological polar surface area (TPSA) is 151 Å². The van der Waals surface area contributed by atoms with Gasteiger partial charge in [0.05, 0.1) is 6.42 Å². The lowest BCUT2D eigenvalue weighted by molar-refractivity contribution is -0.144. The number of nitrogens with one attached hydrogen (secondary N) is 2. The molecule has 5 N–H and O–H groups in total. The van der Waals surface area contributed by atoms with Gasteiger partial charge in [0, 0.05) is 12.6 Å². The molecule has 0 saturated heterocycles. The fourth-order valence-electron chi connectivity index (χ4n) is 4.07. The number of phenolic OH excluding ortho intramolecular Hbond substituents is 1. The molecule has 0 aliphatic heterocycles. The molecule has 0 bridgehead atoms. The zero-order valence-electron chi connectivity index (χ0n) is 22.2. The van der Waals surface area contributed by atoms with Gasteiger partial charge in [-0.1, -0.05) is 36.4 Å². The molecule has 1 aliphatic rings. The second-order valence-electron chi connectivity index (χ2n) is 10.5. The van der Waals surface area contributed by atoms with Crippen molar-refractivity contribution in [1.29, 1.82) is 0 Å². The smallest absolute Gasteiger partial charge is 0.408 e. The Bertz CT molecular complexity index is 1170. The second-order valence-corrected chi connectivity index (χ2v) is 10.5. The fraction of sp³-hybridized carbons (Fsp3) is 0.429. The Labute approximate surface area is 222 Å². The lowest BCUT2D eigenvalue weighted by Gasteiger charge is -2.34. The molecule has 0 aromatic heterocycles. The molecule has 2 aromatic rings. The predicted octanol–water partition coefficient (Wildman–Crippen LogP) is 2.82. The number of aromatic hydroxyl groups is 1. The largest absolute Gasteiger partial charge is 0.508 e. The summed E-state index contributed by atoms with van der Waals surface area (Å²) < 4.78 is 5.28. The van der Waals surface area contributed by atoms with Gasteiger partial charge in [-0.2, -0.15) is 0 Å². The highest BCUT2D eigenvalue weighted by atomic mass is 16.6. The number of nitrogens with two attached hydrogens (primary N) is 1. The molecule has 0 radical (unpaired) electrons. The van der Waals surface area contributed by atoms with Crippen molar-refractivity contribution >= 4 is 23.8 Å². The van der Waals surface area contributed by atoms with Crippen LogP contribution in [0.3, 0.4) is 0 Å². The third-order valence-corrected chi connectivity index (χ3v) is 5.96. The van der Waals surface area contributed by atoms with Gasteiger partial charge in [-0.25, -0.2) is 4.79 Å². The first-order valence-electron chi connectivity index (χ1n) is 12.6. The summed E-state index contributed by atoms with van der Waals surface area (Å²) in [7, 11) is 0. The summed E-state index contributed by atoms with van der Waals surface area (Å²) in [4.78, 5) is 53.4. The molecule has 2 aromatic carbocycles. The minimum Gasteiger partial charge on any atom is -0.508 e. The third-order valence-electron chi connectivity index (χ3n) is 5.96. The Morgan fingerprint density at radius 3 is 2.32 bits per heavy atom. The quantitative estimate of drug-likeness (QED) is 0.375. The lowest BCUT2D eigenvalue weighted by Crippen LogP contribution is -2.54. The Morgan fingerprint density at radius 2 is 1.76 bits per heavy atom. The van der Waals surface area contributed by atoms with E-state index in [1.165, 1.54) is 11.0 Å². The number of carbonyl (C=O) groups excluding carboxylic acids is 4. The van der Waals surface area contributed by atoms with Gasteiger partial charge < -0.3 is 31.1 Å². The van der Waals surface area contributed by atoms with Crippen LogP contribution in [0.5, 0.6) is 5.75 Å². The zero-order chi connectivity index (χ0) is 28.0. The van der Waals surface area contributed by atoms with Crippen molar-refractivity contribution in [3.05, 3.63) is 65.2 Å². The minimum atomic E-state index is -1.33. The van der Waals surface area contributed by atoms with E-state index in [0.717, 1.165) is 5.56 Å². The summed E-state index contributed by atoms with van der Waals surface area (Å²) >= 11 is 0. The van der Waals surface area contributed by atoms with Crippen molar-refractivity contribution in [1.82, 2.24) is 15.5 Å². The van der Waals surface area contributed by atoms with Crippen LogP contribution in [0.2, 0.25) is 0 Å². The molecule has 1 aliphatic carbocycles. The maximum atomic E-state index is 13.9. The van der Waals surface area contributed by atoms with Gasteiger partial charge in [0.2, 0.25) is 17.7 Å². The number of hydrogen-bond donors (Lipinski definition) is 4. The van der Waals surface area contributed by atoms with Crippen LogP contribution in [0.4, 0.5) is 4.79 Å². The molecule has 0 heterocycles. The van der Waals surface area contributed by atoms with Crippen LogP contribution < -0.4 is 16.4 Å². The molecule has 10 heteroatoms. The first kappa shape index (κ1) is 28.5. The van der Waals surface area contributed by atoms with E-state index in [-0.39, 0.29) is 18.3 Å². The van der Waals surface area contributed by atoms with Crippen LogP contribution in [0, 0.1) is 6.92 Å². The normalized spacial score (nSPS) is 14.6. The number of rotatable bonds is 10. The van der Waals surface area contributed by atoms with Gasteiger partial charge in [0.25, 0.3) is 0 Å². The van der Waals surface area contributed by atoms with Crippen LogP contribution >= 0.6 is 0 Å². The Morgan fingerprint density at radius 1 is 1.11 bits per heavy atom. The van der Waals surface area contributed by atoms with Crippen LogP contribution in [0.15, 0.2) is 48.5 Å². The minimum absolute atomic E-state index is 0.0553. The van der Waals surface area contributed by atoms with Gasteiger partial charge in [-0.05, 0) is 69.4 Å². The molecule has 204 valence electrons. The second kappa shape index (κ2) is 12.0. The van der Waals surface area contributed by atoms with Crippen molar-refractivity contribution < 1.29 is 29.0 Å². The van der Waals surface area contributed by atoms with E-state index < -0.39 is 47.9 Å². The first-order chi connectivity index (χ1) is 17.9. The van der Waals surface area contributed by atoms with Gasteiger partial charge in [0.1, 0.15) is 23.4 Å². The molecular weight excluding hydrogens is 488 g/mol. The number of carbonyl (C=O) groups is 4. The number of amides is 4. The van der Waals surface area contributed by atoms with E-state index in [1.54, 1.807) is 39.8 Å². The van der Waals surface area contributed by atoms with Crippen molar-refractivity contribution in [2.75, 3.05) is 0 Å². The molecule has 10 nitrogen and oxygen atoms in total. The van der Waals surface area contributed by atoms with Crippen LogP contribution in [0.1, 0.15) is 62.8 Å². The number of phenols is 1. The van der Waals surface area contributed by atoms with Gasteiger partial charge in [0.15, 0.2) is 0 Å². The van der Waals surface area contributed by atoms with Crippen molar-refractivity contribution in [2.24, 2.45) is 5.73 Å². The number of benzene rings is 2. The Kier molecular flexibility index (Phi) is 8.98. The van der Waals surface area contributed by atoms with E-state index in [0.29, 0.717) is 24.0 Å². The van der Waals surface area contributed by atoms with E-state index in [2.05, 4.69) is 10.6 Å². The molecule has 38 heavy (non-hydrogen) atoms. The molecule has 1 saturated carbocycles. The Balaban J connectivity index is 1.96. The number of hydrogen-bond acceptors (Lipinski definition) is 6. The molecule has 3 rings (SSSR count). The monoisotopic (exact) mass is 524 g/mol. The van der Waals surface area contributed by atoms with Gasteiger partial charge in [-0.3, -0.25) is 14.4 Å². The summed E-state index contributed by atoms with van der Waals surface area (Å²) in [6.45, 7) is 6.96. The highest BCUT2D eigenvalue weighted by Gasteiger charge is 2.44. The number of alkyl carbamates (subject to hydrolysis) is 1. The number of primary amides is 1. The highest BCUT2D eigenvalue weighted by molar-refractivity contribution is 5.95. The molecular formula is C28H36N4O6. The lowest BCUT2D eigenvalue weighted by atomic mass is 9.99. The average Bonchev–Trinajstić information content (AvgIpc) is 3.66. The Hall–Kier alpha value is -4.08. The van der Waals surface area contributed by atoms with E-state index >= 15 is 0 Å². The van der Waals surface area contributed by atoms with Crippen molar-refractivity contribution in [2.45, 2.75) is 77.2 Å². The highest BCUT2D eigenvalue weighted by Crippen LogP contribution is 2.37. The predicted molar refractivity (Wildman–Crippen MR) is 141 cm³/mol. The number of ether oxygens (including phenoxy) is 1. The van der Waals surface area contributed by atoms with Crippen LogP contribution in [0.25, 0.3) is 0 Å². The van der Waals surface area contributed by atoms with E-state index in [9.17, 15) is 24.3 Å². The standard InChI is InChI=1S/C28H36N4O6/c1-17-14-19(10-13-22(17)33)24(25(35)30-16-18-8-6-5-7-9-18)32(20-11-12-20)26(36)21(15-23(29)34)31-27(37)38-28(2,3)4/h5-10,13-14,20-21,24,33H,11-12,15-16H2,1-4H3,(H2,29,34)(H,30,35)(H,31,37). The van der Waals surface area contributed by atoms with E-state index in [1.807, 2.05) is 30.3 Å². The first-order valence-corrected chi connectivity index (χ1v) is 12.6. The van der Waals surface area contributed by atoms with Crippen molar-refractivity contribution in [3.8, 4) is 5.75 Å². The maximum absolute atomic E-state index is 13.9. The third kappa shape index (κ3) is 7.96. The average molecular weight is 525 g/mol. The van der Waals surface area contributed by atoms with Gasteiger partial charge in [-0.15, -0.1) is 0 Å². The molecule has 1 fully saturated rings. The molecule has 2 unspecified atom stereocenters. The van der Waals surface area contributed by atoms with Crippen molar-refractivity contribution in [3.63, 3.8) is 0 Å². The summed E-state index contributed by atoms with van der Waals surface area (Å²) in [6, 6.07) is 11.4. The summed E-state index contributed by atoms with van der Waals surface area (Å²) in [5.41, 5.74) is 6.48. The molecule has 4 amide bonds. The molecule has 2 atom stereocenters. The number of aryl methyl sites for hydroxylation is 1. The molecule has 0 spiro atoms. The summed E-state index contributed by atoms with van der Waals surface area (Å²) in [6.07, 6.45) is -0.0330. The van der Waals surface area contributed by atoms with E-state index in [4.69, 9.17) is 10.5 Å². The summed E-state index contributed by atoms with van der Waals surface area (Å²) in [5.74, 6) is -1.79. The zero-order valence-corrected chi connectivity index (χ0v) is 22.2. The SMILES string of the molecule is Cc1cc(C(C(=O)NCc2ccccc2)N(C(=O)C(CC(N)=O)NC(=O)OC(C)(C)C)C2CC2)ccc1O. The maximum Gasteiger partial charge on any atom is 0.408 e.